The number of para-hydroxylation sites is 1. The van der Waals surface area contributed by atoms with Crippen LogP contribution in [0.25, 0.3) is 5.69 Å². The molecule has 0 saturated carbocycles. The molecule has 0 spiro atoms. The molecular weight excluding hydrogens is 466 g/mol. The SMILES string of the molecule is Cc1c(C(N)=O)nn(-c2ccccc2)c1Oc1ccc([N+](=O)[O-])cc1S(=O)(=O)N1CCOCC1. The van der Waals surface area contributed by atoms with Gasteiger partial charge >= 0.3 is 0 Å². The smallest absolute Gasteiger partial charge is 0.271 e. The van der Waals surface area contributed by atoms with Gasteiger partial charge in [0.2, 0.25) is 15.9 Å². The molecule has 4 rings (SSSR count). The maximum absolute atomic E-state index is 13.4. The summed E-state index contributed by atoms with van der Waals surface area (Å²) >= 11 is 0. The lowest BCUT2D eigenvalue weighted by atomic mass is 10.2. The molecule has 0 aliphatic carbocycles. The van der Waals surface area contributed by atoms with E-state index in [4.69, 9.17) is 15.2 Å². The first-order chi connectivity index (χ1) is 16.2. The Morgan fingerprint density at radius 1 is 1.18 bits per heavy atom. The van der Waals surface area contributed by atoms with Gasteiger partial charge in [0.15, 0.2) is 5.69 Å². The molecule has 12 nitrogen and oxygen atoms in total. The molecule has 1 amide bonds. The van der Waals surface area contributed by atoms with Gasteiger partial charge in [-0.05, 0) is 25.1 Å². The van der Waals surface area contributed by atoms with Crippen molar-refractivity contribution in [2.24, 2.45) is 5.73 Å². The first-order valence-electron chi connectivity index (χ1n) is 10.2. The van der Waals surface area contributed by atoms with Gasteiger partial charge in [-0.2, -0.15) is 14.1 Å². The molecule has 0 atom stereocenters. The number of morpholine rings is 1. The number of nitro groups is 1. The average molecular weight is 487 g/mol. The number of nitrogens with two attached hydrogens (primary N) is 1. The number of amides is 1. The number of carbonyl (C=O) groups excluding carboxylic acids is 1. The van der Waals surface area contributed by atoms with Crippen molar-refractivity contribution in [2.45, 2.75) is 11.8 Å². The summed E-state index contributed by atoms with van der Waals surface area (Å²) in [5.74, 6) is -0.900. The Kier molecular flexibility index (Phi) is 6.32. The lowest BCUT2D eigenvalue weighted by Crippen LogP contribution is -2.40. The summed E-state index contributed by atoms with van der Waals surface area (Å²) in [4.78, 5) is 22.2. The predicted octanol–water partition coefficient (Wildman–Crippen LogP) is 2.00. The lowest BCUT2D eigenvalue weighted by Gasteiger charge is -2.26. The zero-order valence-electron chi connectivity index (χ0n) is 18.1. The number of hydrogen-bond donors (Lipinski definition) is 1. The number of non-ortho nitro benzene ring substituents is 1. The molecule has 1 saturated heterocycles. The highest BCUT2D eigenvalue weighted by Crippen LogP contribution is 2.36. The van der Waals surface area contributed by atoms with E-state index < -0.39 is 26.5 Å². The third-order valence-electron chi connectivity index (χ3n) is 5.24. The van der Waals surface area contributed by atoms with Crippen molar-refractivity contribution in [2.75, 3.05) is 26.3 Å². The van der Waals surface area contributed by atoms with Crippen LogP contribution in [0.15, 0.2) is 53.4 Å². The minimum atomic E-state index is -4.17. The fourth-order valence-corrected chi connectivity index (χ4v) is 5.05. The second kappa shape index (κ2) is 9.21. The first-order valence-corrected chi connectivity index (χ1v) is 11.6. The molecule has 3 aromatic rings. The summed E-state index contributed by atoms with van der Waals surface area (Å²) in [5, 5.41) is 15.6. The quantitative estimate of drug-likeness (QED) is 0.391. The van der Waals surface area contributed by atoms with Gasteiger partial charge in [0.05, 0.1) is 23.8 Å². The van der Waals surface area contributed by atoms with Crippen molar-refractivity contribution in [3.8, 4) is 17.3 Å². The van der Waals surface area contributed by atoms with Crippen molar-refractivity contribution in [3.63, 3.8) is 0 Å². The number of benzene rings is 2. The number of ether oxygens (including phenoxy) is 2. The van der Waals surface area contributed by atoms with Crippen molar-refractivity contribution in [1.29, 1.82) is 0 Å². The van der Waals surface area contributed by atoms with E-state index in [1.54, 1.807) is 37.3 Å². The van der Waals surface area contributed by atoms with Crippen LogP contribution >= 0.6 is 0 Å². The van der Waals surface area contributed by atoms with Gasteiger partial charge in [0.1, 0.15) is 10.6 Å². The molecule has 34 heavy (non-hydrogen) atoms. The van der Waals surface area contributed by atoms with Gasteiger partial charge in [-0.25, -0.2) is 8.42 Å². The highest BCUT2D eigenvalue weighted by atomic mass is 32.2. The summed E-state index contributed by atoms with van der Waals surface area (Å²) in [6, 6.07) is 12.0. The van der Waals surface area contributed by atoms with E-state index in [1.165, 1.54) is 15.1 Å². The standard InChI is InChI=1S/C21H21N5O7S/c1-14-19(20(22)27)23-25(15-5-3-2-4-6-15)21(14)33-17-8-7-16(26(28)29)13-18(17)34(30,31)24-9-11-32-12-10-24/h2-8,13H,9-12H2,1H3,(H2,22,27). The third kappa shape index (κ3) is 4.35. The molecular formula is C21H21N5O7S. The topological polar surface area (TPSA) is 160 Å². The minimum absolute atomic E-state index is 0.0484. The summed E-state index contributed by atoms with van der Waals surface area (Å²) in [6.07, 6.45) is 0. The first kappa shape index (κ1) is 23.4. The van der Waals surface area contributed by atoms with E-state index in [-0.39, 0.29) is 54.1 Å². The molecule has 2 aromatic carbocycles. The Bertz CT molecular complexity index is 1350. The summed E-state index contributed by atoms with van der Waals surface area (Å²) < 4.78 is 40.5. The number of aromatic nitrogens is 2. The Hall–Kier alpha value is -3.81. The average Bonchev–Trinajstić information content (AvgIpc) is 3.16. The minimum Gasteiger partial charge on any atom is -0.437 e. The second-order valence-corrected chi connectivity index (χ2v) is 9.30. The molecule has 0 bridgehead atoms. The van der Waals surface area contributed by atoms with Gasteiger partial charge < -0.3 is 15.2 Å². The van der Waals surface area contributed by atoms with Crippen LogP contribution in [-0.2, 0) is 14.8 Å². The van der Waals surface area contributed by atoms with Gasteiger partial charge in [0.25, 0.3) is 11.6 Å². The number of carbonyl (C=O) groups is 1. The van der Waals surface area contributed by atoms with Crippen LogP contribution in [0.3, 0.4) is 0 Å². The van der Waals surface area contributed by atoms with Gasteiger partial charge in [-0.1, -0.05) is 18.2 Å². The largest absolute Gasteiger partial charge is 0.437 e. The highest BCUT2D eigenvalue weighted by molar-refractivity contribution is 7.89. The highest BCUT2D eigenvalue weighted by Gasteiger charge is 2.32. The van der Waals surface area contributed by atoms with Gasteiger partial charge in [-0.15, -0.1) is 0 Å². The molecule has 2 N–H and O–H groups in total. The van der Waals surface area contributed by atoms with Crippen molar-refractivity contribution >= 4 is 21.6 Å². The van der Waals surface area contributed by atoms with Gasteiger partial charge in [0, 0.05) is 30.8 Å². The molecule has 0 radical (unpaired) electrons. The van der Waals surface area contributed by atoms with E-state index in [0.717, 1.165) is 12.1 Å². The molecule has 178 valence electrons. The maximum atomic E-state index is 13.4. The maximum Gasteiger partial charge on any atom is 0.271 e. The van der Waals surface area contributed by atoms with Crippen LogP contribution in [0.1, 0.15) is 16.1 Å². The number of rotatable bonds is 7. The van der Waals surface area contributed by atoms with Crippen molar-refractivity contribution in [3.05, 3.63) is 69.9 Å². The van der Waals surface area contributed by atoms with E-state index in [1.807, 2.05) is 0 Å². The van der Waals surface area contributed by atoms with E-state index in [2.05, 4.69) is 5.10 Å². The number of hydrogen-bond acceptors (Lipinski definition) is 8. The second-order valence-electron chi connectivity index (χ2n) is 7.40. The molecule has 13 heteroatoms. The molecule has 0 unspecified atom stereocenters. The number of sulfonamides is 1. The van der Waals surface area contributed by atoms with E-state index in [0.29, 0.717) is 5.69 Å². The molecule has 1 aliphatic rings. The van der Waals surface area contributed by atoms with Crippen LogP contribution in [0, 0.1) is 17.0 Å². The summed E-state index contributed by atoms with van der Waals surface area (Å²) in [7, 11) is -4.17. The molecule has 2 heterocycles. The fourth-order valence-electron chi connectivity index (χ4n) is 3.51. The Balaban J connectivity index is 1.87. The Morgan fingerprint density at radius 3 is 2.47 bits per heavy atom. The summed E-state index contributed by atoms with van der Waals surface area (Å²) in [5.41, 5.74) is 5.81. The zero-order chi connectivity index (χ0) is 24.5. The zero-order valence-corrected chi connectivity index (χ0v) is 18.9. The van der Waals surface area contributed by atoms with Crippen LogP contribution in [-0.4, -0.2) is 59.6 Å². The molecule has 1 fully saturated rings. The third-order valence-corrected chi connectivity index (χ3v) is 7.15. The van der Waals surface area contributed by atoms with Crippen molar-refractivity contribution < 1.29 is 27.6 Å². The number of primary amides is 1. The van der Waals surface area contributed by atoms with Gasteiger partial charge in [-0.3, -0.25) is 14.9 Å². The number of nitrogens with zero attached hydrogens (tertiary/aromatic N) is 4. The van der Waals surface area contributed by atoms with E-state index >= 15 is 0 Å². The Labute approximate surface area is 194 Å². The number of nitro benzene ring substituents is 1. The monoisotopic (exact) mass is 487 g/mol. The fraction of sp³-hybridized carbons (Fsp3) is 0.238. The normalized spacial score (nSPS) is 14.6. The molecule has 1 aromatic heterocycles. The van der Waals surface area contributed by atoms with Crippen LogP contribution in [0.5, 0.6) is 11.6 Å². The molecule has 1 aliphatic heterocycles. The predicted molar refractivity (Wildman–Crippen MR) is 120 cm³/mol. The van der Waals surface area contributed by atoms with E-state index in [9.17, 15) is 23.3 Å². The van der Waals surface area contributed by atoms with Crippen LogP contribution in [0.4, 0.5) is 5.69 Å². The van der Waals surface area contributed by atoms with Crippen LogP contribution < -0.4 is 10.5 Å². The Morgan fingerprint density at radius 2 is 1.85 bits per heavy atom. The van der Waals surface area contributed by atoms with Crippen molar-refractivity contribution in [1.82, 2.24) is 14.1 Å². The summed E-state index contributed by atoms with van der Waals surface area (Å²) in [6.45, 7) is 2.15. The lowest BCUT2D eigenvalue weighted by molar-refractivity contribution is -0.385. The van der Waals surface area contributed by atoms with Crippen LogP contribution in [0.2, 0.25) is 0 Å².